The summed E-state index contributed by atoms with van der Waals surface area (Å²) in [5.74, 6) is -2.28. The van der Waals surface area contributed by atoms with E-state index in [1.807, 2.05) is 20.8 Å². The molecule has 6 nitrogen and oxygen atoms in total. The van der Waals surface area contributed by atoms with Gasteiger partial charge < -0.3 is 0 Å². The molecule has 6 heteroatoms. The predicted molar refractivity (Wildman–Crippen MR) is 65.2 cm³/mol. The van der Waals surface area contributed by atoms with Crippen molar-refractivity contribution in [3.05, 3.63) is 0 Å². The minimum Gasteiger partial charge on any atom is -0.249 e. The molecule has 0 heterocycles. The Labute approximate surface area is 109 Å². The fraction of sp³-hybridized carbons (Fsp3) is 1.00. The topological polar surface area (TPSA) is 66.4 Å². The van der Waals surface area contributed by atoms with Crippen molar-refractivity contribution < 1.29 is 29.7 Å². The summed E-state index contributed by atoms with van der Waals surface area (Å²) >= 11 is 0. The Morgan fingerprint density at radius 3 is 1.83 bits per heavy atom. The minimum absolute atomic E-state index is 0.0360. The summed E-state index contributed by atoms with van der Waals surface area (Å²) in [6.07, 6.45) is 1.71. The molecule has 0 aromatic rings. The summed E-state index contributed by atoms with van der Waals surface area (Å²) in [7, 11) is 0. The Hall–Kier alpha value is -0.240. The van der Waals surface area contributed by atoms with Crippen molar-refractivity contribution in [3.63, 3.8) is 0 Å². The highest BCUT2D eigenvalue weighted by Gasteiger charge is 2.34. The second-order valence-electron chi connectivity index (χ2n) is 4.63. The average molecular weight is 266 g/mol. The SMILES string of the molecule is CCC(C)OOC(C)(CC)OOC(C)(CC)OO. The van der Waals surface area contributed by atoms with E-state index >= 15 is 0 Å². The van der Waals surface area contributed by atoms with Crippen LogP contribution in [-0.4, -0.2) is 22.9 Å². The van der Waals surface area contributed by atoms with Crippen molar-refractivity contribution in [3.8, 4) is 0 Å². The van der Waals surface area contributed by atoms with Crippen molar-refractivity contribution in [1.29, 1.82) is 0 Å². The summed E-state index contributed by atoms with van der Waals surface area (Å²) in [4.78, 5) is 24.9. The molecule has 0 aliphatic carbocycles. The van der Waals surface area contributed by atoms with Crippen LogP contribution < -0.4 is 0 Å². The molecule has 0 bridgehead atoms. The van der Waals surface area contributed by atoms with Crippen LogP contribution in [0, 0.1) is 0 Å². The standard InChI is InChI=1S/C12H26O6/c1-7-10(4)14-16-12(6,9-3)18-17-11(5,8-2)15-13/h10,13H,7-9H2,1-6H3. The van der Waals surface area contributed by atoms with Crippen molar-refractivity contribution in [1.82, 2.24) is 0 Å². The normalized spacial score (nSPS) is 20.2. The first-order valence-corrected chi connectivity index (χ1v) is 6.38. The van der Waals surface area contributed by atoms with Crippen molar-refractivity contribution in [2.45, 2.75) is 78.5 Å². The van der Waals surface area contributed by atoms with Gasteiger partial charge in [-0.15, -0.1) is 0 Å². The van der Waals surface area contributed by atoms with Gasteiger partial charge in [-0.25, -0.2) is 15.0 Å². The minimum atomic E-state index is -1.23. The molecule has 0 amide bonds. The second kappa shape index (κ2) is 8.04. The van der Waals surface area contributed by atoms with Gasteiger partial charge >= 0.3 is 0 Å². The van der Waals surface area contributed by atoms with Gasteiger partial charge in [0, 0.05) is 12.8 Å². The third-order valence-corrected chi connectivity index (χ3v) is 2.84. The van der Waals surface area contributed by atoms with Gasteiger partial charge in [0.15, 0.2) is 0 Å². The Balaban J connectivity index is 4.30. The molecule has 0 aromatic carbocycles. The van der Waals surface area contributed by atoms with Gasteiger partial charge in [0.2, 0.25) is 11.6 Å². The summed E-state index contributed by atoms with van der Waals surface area (Å²) in [6.45, 7) is 10.8. The fourth-order valence-corrected chi connectivity index (χ4v) is 0.699. The number of hydrogen-bond donors (Lipinski definition) is 1. The Morgan fingerprint density at radius 2 is 1.44 bits per heavy atom. The van der Waals surface area contributed by atoms with E-state index in [-0.39, 0.29) is 6.10 Å². The Morgan fingerprint density at radius 1 is 0.944 bits per heavy atom. The van der Waals surface area contributed by atoms with Crippen LogP contribution in [0.1, 0.15) is 60.8 Å². The summed E-state index contributed by atoms with van der Waals surface area (Å²) in [5, 5.41) is 8.73. The summed E-state index contributed by atoms with van der Waals surface area (Å²) < 4.78 is 0. The first kappa shape index (κ1) is 17.8. The van der Waals surface area contributed by atoms with Crippen LogP contribution >= 0.6 is 0 Å². The lowest BCUT2D eigenvalue weighted by Crippen LogP contribution is -2.39. The maximum absolute atomic E-state index is 8.73. The fourth-order valence-electron chi connectivity index (χ4n) is 0.699. The third-order valence-electron chi connectivity index (χ3n) is 2.84. The largest absolute Gasteiger partial charge is 0.249 e. The quantitative estimate of drug-likeness (QED) is 0.371. The lowest BCUT2D eigenvalue weighted by molar-refractivity contribution is -0.574. The number of hydrogen-bond acceptors (Lipinski definition) is 6. The molecule has 0 aromatic heterocycles. The van der Waals surface area contributed by atoms with Crippen LogP contribution in [0.25, 0.3) is 0 Å². The smallest absolute Gasteiger partial charge is 0.231 e. The van der Waals surface area contributed by atoms with Gasteiger partial charge in [0.25, 0.3) is 0 Å². The first-order chi connectivity index (χ1) is 8.34. The monoisotopic (exact) mass is 266 g/mol. The third kappa shape index (κ3) is 6.08. The summed E-state index contributed by atoms with van der Waals surface area (Å²) in [5.41, 5.74) is 0. The van der Waals surface area contributed by atoms with E-state index in [0.29, 0.717) is 12.8 Å². The zero-order valence-corrected chi connectivity index (χ0v) is 12.2. The lowest BCUT2D eigenvalue weighted by atomic mass is 10.2. The van der Waals surface area contributed by atoms with Crippen LogP contribution in [0.2, 0.25) is 0 Å². The van der Waals surface area contributed by atoms with Crippen LogP contribution in [0.5, 0.6) is 0 Å². The molecule has 0 spiro atoms. The van der Waals surface area contributed by atoms with E-state index in [0.717, 1.165) is 6.42 Å². The van der Waals surface area contributed by atoms with Crippen molar-refractivity contribution in [2.75, 3.05) is 0 Å². The molecule has 0 radical (unpaired) electrons. The molecular formula is C12H26O6. The van der Waals surface area contributed by atoms with Gasteiger partial charge in [-0.2, -0.15) is 14.7 Å². The van der Waals surface area contributed by atoms with Gasteiger partial charge in [-0.05, 0) is 27.2 Å². The highest BCUT2D eigenvalue weighted by atomic mass is 17.3. The van der Waals surface area contributed by atoms with Crippen molar-refractivity contribution >= 4 is 0 Å². The molecule has 0 fully saturated rings. The van der Waals surface area contributed by atoms with Crippen LogP contribution in [0.4, 0.5) is 0 Å². The Kier molecular flexibility index (Phi) is 7.93. The molecular weight excluding hydrogens is 240 g/mol. The van der Waals surface area contributed by atoms with Crippen molar-refractivity contribution in [2.24, 2.45) is 0 Å². The summed E-state index contributed by atoms with van der Waals surface area (Å²) in [6, 6.07) is 0. The van der Waals surface area contributed by atoms with Crippen LogP contribution in [0.3, 0.4) is 0 Å². The van der Waals surface area contributed by atoms with E-state index in [9.17, 15) is 0 Å². The highest BCUT2D eigenvalue weighted by Crippen LogP contribution is 2.24. The molecule has 0 saturated heterocycles. The molecule has 0 aliphatic heterocycles. The molecule has 3 atom stereocenters. The first-order valence-electron chi connectivity index (χ1n) is 6.38. The van der Waals surface area contributed by atoms with E-state index in [1.54, 1.807) is 20.8 Å². The van der Waals surface area contributed by atoms with Gasteiger partial charge in [-0.3, -0.25) is 0 Å². The molecule has 18 heavy (non-hydrogen) atoms. The van der Waals surface area contributed by atoms with E-state index in [1.165, 1.54) is 0 Å². The maximum Gasteiger partial charge on any atom is 0.231 e. The molecule has 3 unspecified atom stereocenters. The van der Waals surface area contributed by atoms with E-state index < -0.39 is 11.6 Å². The molecule has 0 aliphatic rings. The van der Waals surface area contributed by atoms with E-state index in [4.69, 9.17) is 24.8 Å². The zero-order chi connectivity index (χ0) is 14.2. The van der Waals surface area contributed by atoms with E-state index in [2.05, 4.69) is 4.89 Å². The van der Waals surface area contributed by atoms with Crippen LogP contribution in [-0.2, 0) is 24.4 Å². The number of rotatable bonds is 10. The lowest BCUT2D eigenvalue weighted by Gasteiger charge is -2.31. The van der Waals surface area contributed by atoms with Gasteiger partial charge in [-0.1, -0.05) is 20.8 Å². The van der Waals surface area contributed by atoms with Gasteiger partial charge in [0.1, 0.15) is 0 Å². The molecule has 0 rings (SSSR count). The molecule has 1 N–H and O–H groups in total. The average Bonchev–Trinajstić information content (AvgIpc) is 2.42. The molecule has 0 saturated carbocycles. The zero-order valence-electron chi connectivity index (χ0n) is 12.2. The molecule has 110 valence electrons. The maximum atomic E-state index is 8.73. The predicted octanol–water partition coefficient (Wildman–Crippen LogP) is 3.42. The second-order valence-corrected chi connectivity index (χ2v) is 4.63. The Bertz CT molecular complexity index is 219. The highest BCUT2D eigenvalue weighted by molar-refractivity contribution is 4.58. The van der Waals surface area contributed by atoms with Gasteiger partial charge in [0.05, 0.1) is 6.10 Å². The van der Waals surface area contributed by atoms with Crippen LogP contribution in [0.15, 0.2) is 0 Å².